The molecule has 33 heavy (non-hydrogen) atoms. The second kappa shape index (κ2) is 9.43. The Labute approximate surface area is 194 Å². The van der Waals surface area contributed by atoms with E-state index in [1.807, 2.05) is 47.4 Å². The molecule has 7 nitrogen and oxygen atoms in total. The lowest BCUT2D eigenvalue weighted by molar-refractivity contribution is -0.143. The predicted octanol–water partition coefficient (Wildman–Crippen LogP) is 2.73. The molecule has 0 bridgehead atoms. The first-order valence-corrected chi connectivity index (χ1v) is 11.9. The van der Waals surface area contributed by atoms with Crippen LogP contribution < -0.4 is 14.8 Å². The van der Waals surface area contributed by atoms with Crippen molar-refractivity contribution < 1.29 is 19.1 Å². The van der Waals surface area contributed by atoms with Crippen molar-refractivity contribution in [3.05, 3.63) is 59.7 Å². The Kier molecular flexibility index (Phi) is 6.22. The number of amides is 2. The SMILES string of the molecule is O=C1CCCCC(Cc2ccccc2)(C(=O)N2CCN(Cc3ccc4c(c3)OCO4)CC2)N1. The van der Waals surface area contributed by atoms with Crippen LogP contribution in [0, 0.1) is 0 Å². The molecular weight excluding hydrogens is 418 g/mol. The fourth-order valence-electron chi connectivity index (χ4n) is 5.13. The number of piperazine rings is 1. The summed E-state index contributed by atoms with van der Waals surface area (Å²) in [5, 5.41) is 3.14. The average Bonchev–Trinajstić information content (AvgIpc) is 3.22. The molecule has 3 aliphatic rings. The normalized spacial score (nSPS) is 23.2. The van der Waals surface area contributed by atoms with Gasteiger partial charge in [-0.25, -0.2) is 0 Å². The molecular formula is C26H31N3O4. The van der Waals surface area contributed by atoms with Gasteiger partial charge in [0.15, 0.2) is 11.5 Å². The molecule has 0 saturated carbocycles. The van der Waals surface area contributed by atoms with Crippen LogP contribution in [0.5, 0.6) is 11.5 Å². The van der Waals surface area contributed by atoms with Crippen molar-refractivity contribution in [1.29, 1.82) is 0 Å². The van der Waals surface area contributed by atoms with E-state index in [2.05, 4.69) is 16.3 Å². The molecule has 2 saturated heterocycles. The molecule has 174 valence electrons. The van der Waals surface area contributed by atoms with E-state index in [9.17, 15) is 9.59 Å². The highest BCUT2D eigenvalue weighted by molar-refractivity contribution is 5.92. The lowest BCUT2D eigenvalue weighted by atomic mass is 9.84. The Hall–Kier alpha value is -3.06. The topological polar surface area (TPSA) is 71.1 Å². The first kappa shape index (κ1) is 21.8. The monoisotopic (exact) mass is 449 g/mol. The molecule has 2 amide bonds. The minimum atomic E-state index is -0.853. The first-order valence-electron chi connectivity index (χ1n) is 11.9. The molecule has 0 radical (unpaired) electrons. The van der Waals surface area contributed by atoms with Crippen LogP contribution in [-0.2, 0) is 22.6 Å². The van der Waals surface area contributed by atoms with Crippen LogP contribution in [0.2, 0.25) is 0 Å². The van der Waals surface area contributed by atoms with Crippen LogP contribution in [-0.4, -0.2) is 60.1 Å². The first-order chi connectivity index (χ1) is 16.1. The van der Waals surface area contributed by atoms with E-state index < -0.39 is 5.54 Å². The van der Waals surface area contributed by atoms with Crippen LogP contribution >= 0.6 is 0 Å². The molecule has 2 aromatic rings. The summed E-state index contributed by atoms with van der Waals surface area (Å²) in [6.07, 6.45) is 3.42. The quantitative estimate of drug-likeness (QED) is 0.760. The summed E-state index contributed by atoms with van der Waals surface area (Å²) in [5.74, 6) is 1.64. The molecule has 1 unspecified atom stereocenters. The maximum Gasteiger partial charge on any atom is 0.248 e. The van der Waals surface area contributed by atoms with Gasteiger partial charge in [0.05, 0.1) is 0 Å². The molecule has 2 aromatic carbocycles. The van der Waals surface area contributed by atoms with Gasteiger partial charge in [0.25, 0.3) is 0 Å². The third kappa shape index (κ3) is 4.83. The number of fused-ring (bicyclic) bond motifs is 1. The number of carbonyl (C=O) groups excluding carboxylic acids is 2. The van der Waals surface area contributed by atoms with E-state index in [1.165, 1.54) is 5.56 Å². The van der Waals surface area contributed by atoms with Crippen LogP contribution in [0.15, 0.2) is 48.5 Å². The third-order valence-corrected chi connectivity index (χ3v) is 6.90. The van der Waals surface area contributed by atoms with Crippen LogP contribution in [0.3, 0.4) is 0 Å². The summed E-state index contributed by atoms with van der Waals surface area (Å²) in [6.45, 7) is 4.02. The molecule has 2 fully saturated rings. The van der Waals surface area contributed by atoms with Crippen LogP contribution in [0.1, 0.15) is 36.8 Å². The lowest BCUT2D eigenvalue weighted by Gasteiger charge is -2.41. The number of rotatable bonds is 5. The van der Waals surface area contributed by atoms with Crippen molar-refractivity contribution in [2.45, 2.75) is 44.2 Å². The number of carbonyl (C=O) groups is 2. The molecule has 1 atom stereocenters. The second-order valence-electron chi connectivity index (χ2n) is 9.26. The zero-order valence-corrected chi connectivity index (χ0v) is 18.9. The summed E-state index contributed by atoms with van der Waals surface area (Å²) in [4.78, 5) is 30.6. The summed E-state index contributed by atoms with van der Waals surface area (Å²) >= 11 is 0. The molecule has 7 heteroatoms. The van der Waals surface area contributed by atoms with Gasteiger partial charge in [-0.05, 0) is 36.1 Å². The summed E-state index contributed by atoms with van der Waals surface area (Å²) in [5.41, 5.74) is 1.40. The smallest absolute Gasteiger partial charge is 0.248 e. The highest BCUT2D eigenvalue weighted by atomic mass is 16.7. The number of ether oxygens (including phenoxy) is 2. The van der Waals surface area contributed by atoms with Crippen molar-refractivity contribution in [2.75, 3.05) is 33.0 Å². The Morgan fingerprint density at radius 3 is 2.55 bits per heavy atom. The fourth-order valence-corrected chi connectivity index (χ4v) is 5.13. The predicted molar refractivity (Wildman–Crippen MR) is 124 cm³/mol. The highest BCUT2D eigenvalue weighted by Crippen LogP contribution is 2.33. The minimum Gasteiger partial charge on any atom is -0.454 e. The molecule has 1 N–H and O–H groups in total. The number of nitrogens with zero attached hydrogens (tertiary/aromatic N) is 2. The van der Waals surface area contributed by atoms with Gasteiger partial charge in [-0.1, -0.05) is 42.8 Å². The van der Waals surface area contributed by atoms with E-state index in [1.54, 1.807) is 0 Å². The number of nitrogens with one attached hydrogen (secondary N) is 1. The zero-order chi connectivity index (χ0) is 22.7. The van der Waals surface area contributed by atoms with Gasteiger partial charge in [0.2, 0.25) is 18.6 Å². The highest BCUT2D eigenvalue weighted by Gasteiger charge is 2.43. The number of benzene rings is 2. The maximum absolute atomic E-state index is 13.8. The van der Waals surface area contributed by atoms with Crippen molar-refractivity contribution >= 4 is 11.8 Å². The average molecular weight is 450 g/mol. The Bertz CT molecular complexity index is 1000. The largest absolute Gasteiger partial charge is 0.454 e. The van der Waals surface area contributed by atoms with E-state index in [0.29, 0.717) is 32.4 Å². The Balaban J connectivity index is 1.26. The maximum atomic E-state index is 13.8. The Morgan fingerprint density at radius 1 is 0.939 bits per heavy atom. The van der Waals surface area contributed by atoms with Crippen molar-refractivity contribution in [1.82, 2.24) is 15.1 Å². The van der Waals surface area contributed by atoms with E-state index in [4.69, 9.17) is 9.47 Å². The lowest BCUT2D eigenvalue weighted by Crippen LogP contribution is -2.63. The van der Waals surface area contributed by atoms with Crippen molar-refractivity contribution in [3.8, 4) is 11.5 Å². The van der Waals surface area contributed by atoms with Crippen LogP contribution in [0.4, 0.5) is 0 Å². The van der Waals surface area contributed by atoms with Gasteiger partial charge in [-0.15, -0.1) is 0 Å². The summed E-state index contributed by atoms with van der Waals surface area (Å²) in [7, 11) is 0. The van der Waals surface area contributed by atoms with E-state index in [-0.39, 0.29) is 18.6 Å². The second-order valence-corrected chi connectivity index (χ2v) is 9.26. The standard InChI is InChI=1S/C26H31N3O4/c30-24-8-4-5-11-26(27-24,17-20-6-2-1-3-7-20)25(31)29-14-12-28(13-15-29)18-21-9-10-22-23(16-21)33-19-32-22/h1-3,6-7,9-10,16H,4-5,8,11-15,17-19H2,(H,27,30). The van der Waals surface area contributed by atoms with E-state index in [0.717, 1.165) is 49.5 Å². The van der Waals surface area contributed by atoms with Crippen molar-refractivity contribution in [3.63, 3.8) is 0 Å². The van der Waals surface area contributed by atoms with Gasteiger partial charge in [-0.2, -0.15) is 0 Å². The molecule has 3 aliphatic heterocycles. The van der Waals surface area contributed by atoms with Crippen LogP contribution in [0.25, 0.3) is 0 Å². The van der Waals surface area contributed by atoms with Gasteiger partial charge in [-0.3, -0.25) is 14.5 Å². The number of hydrogen-bond donors (Lipinski definition) is 1. The van der Waals surface area contributed by atoms with Gasteiger partial charge in [0, 0.05) is 45.6 Å². The molecule has 0 aromatic heterocycles. The van der Waals surface area contributed by atoms with Gasteiger partial charge in [0.1, 0.15) is 5.54 Å². The number of hydrogen-bond acceptors (Lipinski definition) is 5. The molecule has 0 spiro atoms. The summed E-state index contributed by atoms with van der Waals surface area (Å²) < 4.78 is 10.9. The molecule has 0 aliphatic carbocycles. The summed E-state index contributed by atoms with van der Waals surface area (Å²) in [6, 6.07) is 16.1. The molecule has 3 heterocycles. The van der Waals surface area contributed by atoms with Crippen molar-refractivity contribution in [2.24, 2.45) is 0 Å². The third-order valence-electron chi connectivity index (χ3n) is 6.90. The minimum absolute atomic E-state index is 0.0155. The molecule has 5 rings (SSSR count). The van der Waals surface area contributed by atoms with E-state index >= 15 is 0 Å². The fraction of sp³-hybridized carbons (Fsp3) is 0.462. The zero-order valence-electron chi connectivity index (χ0n) is 18.9. The Morgan fingerprint density at radius 2 is 1.73 bits per heavy atom. The van der Waals surface area contributed by atoms with Gasteiger partial charge >= 0.3 is 0 Å². The van der Waals surface area contributed by atoms with Gasteiger partial charge < -0.3 is 19.7 Å².